The fraction of sp³-hybridized carbons (Fsp3) is 0.500. The quantitative estimate of drug-likeness (QED) is 0.555. The van der Waals surface area contributed by atoms with Crippen molar-refractivity contribution >= 4 is 5.91 Å². The van der Waals surface area contributed by atoms with Crippen LogP contribution in [-0.4, -0.2) is 74.9 Å². The SMILES string of the molecule is CCOc1cc(C(=O)N2CCN(Cc3ccc4c(c3)OCCO4)CC2)cc(OCC)c1OCC. The molecule has 2 heterocycles. The van der Waals surface area contributed by atoms with E-state index in [1.54, 1.807) is 12.1 Å². The van der Waals surface area contributed by atoms with Crippen molar-refractivity contribution in [3.05, 3.63) is 41.5 Å². The Bertz CT molecular complexity index is 960. The second-order valence-corrected chi connectivity index (χ2v) is 8.15. The van der Waals surface area contributed by atoms with Gasteiger partial charge in [-0.25, -0.2) is 0 Å². The first-order chi connectivity index (χ1) is 16.6. The molecular weight excluding hydrogens is 436 g/mol. The van der Waals surface area contributed by atoms with Gasteiger partial charge in [0.25, 0.3) is 5.91 Å². The third-order valence-corrected chi connectivity index (χ3v) is 5.83. The van der Waals surface area contributed by atoms with Crippen LogP contribution in [0, 0.1) is 0 Å². The van der Waals surface area contributed by atoms with Crippen LogP contribution in [0.4, 0.5) is 0 Å². The molecule has 0 unspecified atom stereocenters. The van der Waals surface area contributed by atoms with Gasteiger partial charge in [0.2, 0.25) is 5.75 Å². The number of piperazine rings is 1. The van der Waals surface area contributed by atoms with E-state index in [9.17, 15) is 4.79 Å². The molecule has 0 N–H and O–H groups in total. The van der Waals surface area contributed by atoms with Crippen LogP contribution in [0.2, 0.25) is 0 Å². The number of amides is 1. The van der Waals surface area contributed by atoms with Crippen LogP contribution in [0.1, 0.15) is 36.7 Å². The molecule has 0 saturated carbocycles. The van der Waals surface area contributed by atoms with Crippen molar-refractivity contribution in [1.29, 1.82) is 0 Å². The molecule has 2 aromatic carbocycles. The molecule has 8 heteroatoms. The molecule has 1 saturated heterocycles. The molecule has 2 aromatic rings. The Balaban J connectivity index is 1.41. The summed E-state index contributed by atoms with van der Waals surface area (Å²) in [6.07, 6.45) is 0. The van der Waals surface area contributed by atoms with Gasteiger partial charge in [-0.05, 0) is 50.6 Å². The van der Waals surface area contributed by atoms with Gasteiger partial charge in [-0.15, -0.1) is 0 Å². The summed E-state index contributed by atoms with van der Waals surface area (Å²) < 4.78 is 28.6. The van der Waals surface area contributed by atoms with Crippen molar-refractivity contribution in [2.75, 3.05) is 59.2 Å². The molecule has 0 radical (unpaired) electrons. The minimum atomic E-state index is -0.0241. The number of rotatable bonds is 9. The molecule has 2 aliphatic heterocycles. The second kappa shape index (κ2) is 11.3. The minimum Gasteiger partial charge on any atom is -0.490 e. The lowest BCUT2D eigenvalue weighted by molar-refractivity contribution is 0.0627. The summed E-state index contributed by atoms with van der Waals surface area (Å²) in [4.78, 5) is 17.6. The maximum Gasteiger partial charge on any atom is 0.254 e. The van der Waals surface area contributed by atoms with Crippen LogP contribution in [0.15, 0.2) is 30.3 Å². The average molecular weight is 471 g/mol. The van der Waals surface area contributed by atoms with E-state index in [0.717, 1.165) is 31.1 Å². The summed E-state index contributed by atoms with van der Waals surface area (Å²) in [5.74, 6) is 3.21. The molecule has 8 nitrogen and oxygen atoms in total. The number of nitrogens with zero attached hydrogens (tertiary/aromatic N) is 2. The smallest absolute Gasteiger partial charge is 0.254 e. The number of ether oxygens (including phenoxy) is 5. The van der Waals surface area contributed by atoms with Crippen LogP contribution in [0.3, 0.4) is 0 Å². The summed E-state index contributed by atoms with van der Waals surface area (Å²) >= 11 is 0. The largest absolute Gasteiger partial charge is 0.490 e. The maximum atomic E-state index is 13.3. The van der Waals surface area contributed by atoms with Gasteiger partial charge in [-0.1, -0.05) is 6.07 Å². The lowest BCUT2D eigenvalue weighted by atomic mass is 10.1. The Morgan fingerprint density at radius 1 is 0.824 bits per heavy atom. The van der Waals surface area contributed by atoms with E-state index in [2.05, 4.69) is 17.0 Å². The third-order valence-electron chi connectivity index (χ3n) is 5.83. The standard InChI is InChI=1S/C26H34N2O6/c1-4-30-23-16-20(17-24(31-5-2)25(23)32-6-3)26(29)28-11-9-27(10-12-28)18-19-7-8-21-22(15-19)34-14-13-33-21/h7-8,15-17H,4-6,9-14,18H2,1-3H3. The van der Waals surface area contributed by atoms with Gasteiger partial charge in [-0.2, -0.15) is 0 Å². The van der Waals surface area contributed by atoms with E-state index >= 15 is 0 Å². The zero-order chi connectivity index (χ0) is 23.9. The Morgan fingerprint density at radius 3 is 2.06 bits per heavy atom. The van der Waals surface area contributed by atoms with Crippen molar-refractivity contribution in [1.82, 2.24) is 9.80 Å². The minimum absolute atomic E-state index is 0.0241. The molecule has 1 amide bonds. The molecule has 0 spiro atoms. The summed E-state index contributed by atoms with van der Waals surface area (Å²) in [6.45, 7) is 12.1. The first-order valence-corrected chi connectivity index (χ1v) is 12.1. The number of hydrogen-bond acceptors (Lipinski definition) is 7. The highest BCUT2D eigenvalue weighted by Crippen LogP contribution is 2.39. The van der Waals surface area contributed by atoms with Crippen molar-refractivity contribution in [2.45, 2.75) is 27.3 Å². The zero-order valence-electron chi connectivity index (χ0n) is 20.3. The Hall–Kier alpha value is -3.13. The number of carbonyl (C=O) groups excluding carboxylic acids is 1. The number of benzene rings is 2. The highest BCUT2D eigenvalue weighted by molar-refractivity contribution is 5.95. The van der Waals surface area contributed by atoms with Gasteiger partial charge in [-0.3, -0.25) is 9.69 Å². The molecule has 0 atom stereocenters. The molecule has 4 rings (SSSR count). The lowest BCUT2D eigenvalue weighted by Crippen LogP contribution is -2.48. The molecule has 1 fully saturated rings. The predicted octanol–water partition coefficient (Wildman–Crippen LogP) is 3.61. The van der Waals surface area contributed by atoms with E-state index in [-0.39, 0.29) is 5.91 Å². The predicted molar refractivity (Wildman–Crippen MR) is 129 cm³/mol. The average Bonchev–Trinajstić information content (AvgIpc) is 2.86. The summed E-state index contributed by atoms with van der Waals surface area (Å²) in [5, 5.41) is 0. The van der Waals surface area contributed by atoms with E-state index in [1.165, 1.54) is 5.56 Å². The van der Waals surface area contributed by atoms with Crippen LogP contribution in [-0.2, 0) is 6.54 Å². The lowest BCUT2D eigenvalue weighted by Gasteiger charge is -2.35. The van der Waals surface area contributed by atoms with Crippen molar-refractivity contribution in [2.24, 2.45) is 0 Å². The number of fused-ring (bicyclic) bond motifs is 1. The van der Waals surface area contributed by atoms with Gasteiger partial charge in [0, 0.05) is 38.3 Å². The first kappa shape index (κ1) is 24.0. The number of hydrogen-bond donors (Lipinski definition) is 0. The Kier molecular flexibility index (Phi) is 8.00. The van der Waals surface area contributed by atoms with Crippen LogP contribution < -0.4 is 23.7 Å². The Morgan fingerprint density at radius 2 is 1.44 bits per heavy atom. The van der Waals surface area contributed by atoms with Gasteiger partial charge in [0.15, 0.2) is 23.0 Å². The highest BCUT2D eigenvalue weighted by atomic mass is 16.6. The van der Waals surface area contributed by atoms with Gasteiger partial charge >= 0.3 is 0 Å². The van der Waals surface area contributed by atoms with Crippen molar-refractivity contribution in [3.63, 3.8) is 0 Å². The van der Waals surface area contributed by atoms with Gasteiger partial charge in [0.05, 0.1) is 19.8 Å². The second-order valence-electron chi connectivity index (χ2n) is 8.15. The van der Waals surface area contributed by atoms with E-state index in [0.29, 0.717) is 68.9 Å². The van der Waals surface area contributed by atoms with Crippen LogP contribution >= 0.6 is 0 Å². The van der Waals surface area contributed by atoms with E-state index in [4.69, 9.17) is 23.7 Å². The normalized spacial score (nSPS) is 15.7. The van der Waals surface area contributed by atoms with Gasteiger partial charge in [0.1, 0.15) is 13.2 Å². The topological polar surface area (TPSA) is 69.7 Å². The molecule has 0 aromatic heterocycles. The molecule has 0 aliphatic carbocycles. The molecule has 0 bridgehead atoms. The van der Waals surface area contributed by atoms with Crippen LogP contribution in [0.25, 0.3) is 0 Å². The van der Waals surface area contributed by atoms with Crippen molar-refractivity contribution in [3.8, 4) is 28.7 Å². The van der Waals surface area contributed by atoms with E-state index in [1.807, 2.05) is 31.7 Å². The molecule has 34 heavy (non-hydrogen) atoms. The van der Waals surface area contributed by atoms with Gasteiger partial charge < -0.3 is 28.6 Å². The molecular formula is C26H34N2O6. The molecule has 184 valence electrons. The number of carbonyl (C=O) groups is 1. The van der Waals surface area contributed by atoms with Crippen molar-refractivity contribution < 1.29 is 28.5 Å². The summed E-state index contributed by atoms with van der Waals surface area (Å²) in [5.41, 5.74) is 1.73. The Labute approximate surface area is 201 Å². The first-order valence-electron chi connectivity index (χ1n) is 12.1. The zero-order valence-corrected chi connectivity index (χ0v) is 20.3. The van der Waals surface area contributed by atoms with E-state index < -0.39 is 0 Å². The fourth-order valence-electron chi connectivity index (χ4n) is 4.25. The third kappa shape index (κ3) is 5.50. The highest BCUT2D eigenvalue weighted by Gasteiger charge is 2.25. The van der Waals surface area contributed by atoms with Crippen LogP contribution in [0.5, 0.6) is 28.7 Å². The summed E-state index contributed by atoms with van der Waals surface area (Å²) in [7, 11) is 0. The molecule has 2 aliphatic rings. The summed E-state index contributed by atoms with van der Waals surface area (Å²) in [6, 6.07) is 9.63. The maximum absolute atomic E-state index is 13.3. The monoisotopic (exact) mass is 470 g/mol. The fourth-order valence-corrected chi connectivity index (χ4v) is 4.25.